The third-order valence-corrected chi connectivity index (χ3v) is 4.14. The highest BCUT2D eigenvalue weighted by molar-refractivity contribution is 7.12. The van der Waals surface area contributed by atoms with E-state index in [1.54, 1.807) is 24.3 Å². The maximum Gasteiger partial charge on any atom is 0.266 e. The maximum atomic E-state index is 12.4. The van der Waals surface area contributed by atoms with Crippen LogP contribution in [0.15, 0.2) is 35.7 Å². The molecule has 5 nitrogen and oxygen atoms in total. The van der Waals surface area contributed by atoms with Gasteiger partial charge in [0, 0.05) is 13.1 Å². The van der Waals surface area contributed by atoms with Gasteiger partial charge in [0.15, 0.2) is 0 Å². The van der Waals surface area contributed by atoms with Crippen molar-refractivity contribution >= 4 is 41.2 Å². The number of carbonyl (C=O) groups is 2. The Morgan fingerprint density at radius 1 is 1.17 bits per heavy atom. The normalized spacial score (nSPS) is 9.83. The predicted octanol–water partition coefficient (Wildman–Crippen LogP) is 2.67. The van der Waals surface area contributed by atoms with E-state index in [1.165, 1.54) is 11.3 Å². The Morgan fingerprint density at radius 2 is 1.91 bits per heavy atom. The number of nitrogens with two attached hydrogens (primary N) is 1. The molecule has 0 unspecified atom stereocenters. The Hall–Kier alpha value is -1.89. The Kier molecular flexibility index (Phi) is 7.74. The van der Waals surface area contributed by atoms with Crippen molar-refractivity contribution in [2.24, 2.45) is 5.73 Å². The van der Waals surface area contributed by atoms with E-state index < -0.39 is 0 Å². The number of para-hydroxylation sites is 1. The highest BCUT2D eigenvalue weighted by Crippen LogP contribution is 2.21. The third-order valence-electron chi connectivity index (χ3n) is 3.18. The molecule has 0 aliphatic heterocycles. The van der Waals surface area contributed by atoms with Crippen molar-refractivity contribution in [3.63, 3.8) is 0 Å². The van der Waals surface area contributed by atoms with E-state index in [1.807, 2.05) is 18.4 Å². The Morgan fingerprint density at radius 3 is 2.61 bits per heavy atom. The van der Waals surface area contributed by atoms with Gasteiger partial charge in [0.05, 0.1) is 16.1 Å². The zero-order chi connectivity index (χ0) is 15.9. The molecule has 0 bridgehead atoms. The standard InChI is InChI=1S/C16H19N3O2S.ClH/c1-2-11-7-10-22-14(11)16(21)19-13-6-4-3-5-12(13)15(20)18-9-8-17;/h3-7,10H,2,8-9,17H2,1H3,(H,18,20)(H,19,21);1H. The molecule has 2 rings (SSSR count). The van der Waals surface area contributed by atoms with E-state index in [0.717, 1.165) is 12.0 Å². The average molecular weight is 354 g/mol. The Balaban J connectivity index is 0.00000264. The number of amides is 2. The first-order chi connectivity index (χ1) is 10.7. The van der Waals surface area contributed by atoms with Crippen molar-refractivity contribution in [2.75, 3.05) is 18.4 Å². The molecule has 1 aromatic carbocycles. The molecule has 0 fully saturated rings. The number of benzene rings is 1. The zero-order valence-corrected chi connectivity index (χ0v) is 14.4. The number of anilines is 1. The van der Waals surface area contributed by atoms with Gasteiger partial charge < -0.3 is 16.4 Å². The fraction of sp³-hybridized carbons (Fsp3) is 0.250. The number of carbonyl (C=O) groups excluding carboxylic acids is 2. The van der Waals surface area contributed by atoms with Gasteiger partial charge in [0.2, 0.25) is 0 Å². The van der Waals surface area contributed by atoms with E-state index in [-0.39, 0.29) is 24.2 Å². The van der Waals surface area contributed by atoms with E-state index in [0.29, 0.717) is 29.2 Å². The number of thiophene rings is 1. The van der Waals surface area contributed by atoms with Crippen molar-refractivity contribution in [3.05, 3.63) is 51.7 Å². The highest BCUT2D eigenvalue weighted by Gasteiger charge is 2.16. The average Bonchev–Trinajstić information content (AvgIpc) is 3.01. The molecule has 0 saturated carbocycles. The van der Waals surface area contributed by atoms with Crippen molar-refractivity contribution < 1.29 is 9.59 Å². The van der Waals surface area contributed by atoms with Gasteiger partial charge in [-0.05, 0) is 35.6 Å². The van der Waals surface area contributed by atoms with E-state index >= 15 is 0 Å². The fourth-order valence-corrected chi connectivity index (χ4v) is 2.95. The van der Waals surface area contributed by atoms with Crippen LogP contribution in [-0.2, 0) is 6.42 Å². The fourth-order valence-electron chi connectivity index (χ4n) is 2.06. The number of hydrogen-bond acceptors (Lipinski definition) is 4. The van der Waals surface area contributed by atoms with Crippen LogP contribution >= 0.6 is 23.7 Å². The SMILES string of the molecule is CCc1ccsc1C(=O)Nc1ccccc1C(=O)NCCN.Cl. The number of halogens is 1. The smallest absolute Gasteiger partial charge is 0.266 e. The molecule has 4 N–H and O–H groups in total. The summed E-state index contributed by atoms with van der Waals surface area (Å²) in [5.41, 5.74) is 7.32. The van der Waals surface area contributed by atoms with Gasteiger partial charge in [-0.2, -0.15) is 0 Å². The van der Waals surface area contributed by atoms with Crippen LogP contribution in [0.3, 0.4) is 0 Å². The lowest BCUT2D eigenvalue weighted by Crippen LogP contribution is -2.30. The third kappa shape index (κ3) is 4.79. The molecule has 0 saturated heterocycles. The van der Waals surface area contributed by atoms with Gasteiger partial charge in [0.1, 0.15) is 0 Å². The van der Waals surface area contributed by atoms with Gasteiger partial charge in [-0.3, -0.25) is 9.59 Å². The van der Waals surface area contributed by atoms with Crippen molar-refractivity contribution in [2.45, 2.75) is 13.3 Å². The quantitative estimate of drug-likeness (QED) is 0.746. The van der Waals surface area contributed by atoms with Gasteiger partial charge in [0.25, 0.3) is 11.8 Å². The summed E-state index contributed by atoms with van der Waals surface area (Å²) in [6.07, 6.45) is 0.797. The molecular formula is C16H20ClN3O2S. The van der Waals surface area contributed by atoms with Crippen LogP contribution in [-0.4, -0.2) is 24.9 Å². The van der Waals surface area contributed by atoms with Crippen molar-refractivity contribution in [3.8, 4) is 0 Å². The van der Waals surface area contributed by atoms with Gasteiger partial charge >= 0.3 is 0 Å². The first-order valence-corrected chi connectivity index (χ1v) is 8.00. The lowest BCUT2D eigenvalue weighted by atomic mass is 10.1. The number of hydrogen-bond donors (Lipinski definition) is 3. The van der Waals surface area contributed by atoms with E-state index in [4.69, 9.17) is 5.73 Å². The monoisotopic (exact) mass is 353 g/mol. The van der Waals surface area contributed by atoms with Crippen LogP contribution in [0.4, 0.5) is 5.69 Å². The molecule has 1 aromatic heterocycles. The van der Waals surface area contributed by atoms with Crippen molar-refractivity contribution in [1.29, 1.82) is 0 Å². The van der Waals surface area contributed by atoms with Crippen LogP contribution in [0.1, 0.15) is 32.5 Å². The molecule has 0 aliphatic carbocycles. The Bertz CT molecular complexity index is 673. The summed E-state index contributed by atoms with van der Waals surface area (Å²) in [5, 5.41) is 7.43. The molecule has 23 heavy (non-hydrogen) atoms. The molecule has 0 radical (unpaired) electrons. The van der Waals surface area contributed by atoms with E-state index in [2.05, 4.69) is 10.6 Å². The van der Waals surface area contributed by atoms with Crippen LogP contribution in [0, 0.1) is 0 Å². The molecule has 7 heteroatoms. The Labute approximate surface area is 145 Å². The van der Waals surface area contributed by atoms with Gasteiger partial charge in [-0.1, -0.05) is 19.1 Å². The first-order valence-electron chi connectivity index (χ1n) is 7.12. The minimum absolute atomic E-state index is 0. The number of nitrogens with one attached hydrogen (secondary N) is 2. The summed E-state index contributed by atoms with van der Waals surface area (Å²) in [4.78, 5) is 25.2. The van der Waals surface area contributed by atoms with Crippen LogP contribution in [0.5, 0.6) is 0 Å². The summed E-state index contributed by atoms with van der Waals surface area (Å²) < 4.78 is 0. The minimum atomic E-state index is -0.247. The molecular weight excluding hydrogens is 334 g/mol. The topological polar surface area (TPSA) is 84.2 Å². The molecule has 1 heterocycles. The molecule has 0 atom stereocenters. The second-order valence-corrected chi connectivity index (χ2v) is 5.59. The molecule has 2 amide bonds. The zero-order valence-electron chi connectivity index (χ0n) is 12.8. The highest BCUT2D eigenvalue weighted by atomic mass is 35.5. The maximum absolute atomic E-state index is 12.4. The first kappa shape index (κ1) is 19.2. The summed E-state index contributed by atoms with van der Waals surface area (Å²) in [7, 11) is 0. The second kappa shape index (κ2) is 9.29. The molecule has 124 valence electrons. The number of rotatable bonds is 6. The van der Waals surface area contributed by atoms with Gasteiger partial charge in [-0.25, -0.2) is 0 Å². The number of aryl methyl sites for hydroxylation is 1. The van der Waals surface area contributed by atoms with Crippen LogP contribution in [0.2, 0.25) is 0 Å². The lowest BCUT2D eigenvalue weighted by Gasteiger charge is -2.11. The minimum Gasteiger partial charge on any atom is -0.351 e. The van der Waals surface area contributed by atoms with Crippen molar-refractivity contribution in [1.82, 2.24) is 5.32 Å². The molecule has 0 aliphatic rings. The molecule has 2 aromatic rings. The van der Waals surface area contributed by atoms with Crippen LogP contribution in [0.25, 0.3) is 0 Å². The lowest BCUT2D eigenvalue weighted by molar-refractivity contribution is 0.0955. The second-order valence-electron chi connectivity index (χ2n) is 4.67. The van der Waals surface area contributed by atoms with Gasteiger partial charge in [-0.15, -0.1) is 23.7 Å². The molecule has 0 spiro atoms. The summed E-state index contributed by atoms with van der Waals surface area (Å²) in [6, 6.07) is 8.88. The van der Waals surface area contributed by atoms with E-state index in [9.17, 15) is 9.59 Å². The summed E-state index contributed by atoms with van der Waals surface area (Å²) in [6.45, 7) is 2.77. The van der Waals surface area contributed by atoms with Crippen LogP contribution < -0.4 is 16.4 Å². The largest absolute Gasteiger partial charge is 0.351 e. The summed E-state index contributed by atoms with van der Waals surface area (Å²) in [5.74, 6) is -0.436. The summed E-state index contributed by atoms with van der Waals surface area (Å²) >= 11 is 1.40. The predicted molar refractivity (Wildman–Crippen MR) is 96.7 cm³/mol.